The number of aryl methyl sites for hydroxylation is 1. The summed E-state index contributed by atoms with van der Waals surface area (Å²) >= 11 is 5.73. The smallest absolute Gasteiger partial charge is 0.149 e. The first-order valence-electron chi connectivity index (χ1n) is 5.52. The molecule has 0 atom stereocenters. The summed E-state index contributed by atoms with van der Waals surface area (Å²) < 4.78 is 2.07. The van der Waals surface area contributed by atoms with Crippen molar-refractivity contribution in [1.29, 1.82) is 0 Å². The number of halogens is 1. The van der Waals surface area contributed by atoms with Crippen molar-refractivity contribution in [2.45, 2.75) is 19.4 Å². The highest BCUT2D eigenvalue weighted by Crippen LogP contribution is 2.06. The maximum atomic E-state index is 5.73. The third-order valence-electron chi connectivity index (χ3n) is 2.31. The number of hydrogen-bond acceptors (Lipinski definition) is 4. The summed E-state index contributed by atoms with van der Waals surface area (Å²) in [5.41, 5.74) is 0. The Kier molecular flexibility index (Phi) is 4.32. The minimum atomic E-state index is 0.411. The molecule has 0 saturated carbocycles. The van der Waals surface area contributed by atoms with Crippen molar-refractivity contribution in [2.75, 3.05) is 11.9 Å². The lowest BCUT2D eigenvalue weighted by Crippen LogP contribution is -2.05. The fraction of sp³-hybridized carbons (Fsp3) is 0.364. The predicted molar refractivity (Wildman–Crippen MR) is 67.0 cm³/mol. The largest absolute Gasteiger partial charge is 0.369 e. The molecule has 0 saturated heterocycles. The summed E-state index contributed by atoms with van der Waals surface area (Å²) in [5.74, 6) is 0.722. The predicted octanol–water partition coefficient (Wildman–Crippen LogP) is 2.22. The summed E-state index contributed by atoms with van der Waals surface area (Å²) in [6, 6.07) is 0. The summed E-state index contributed by atoms with van der Waals surface area (Å²) in [6.07, 6.45) is 10.9. The van der Waals surface area contributed by atoms with Crippen molar-refractivity contribution >= 4 is 17.4 Å². The molecule has 0 aliphatic heterocycles. The zero-order valence-corrected chi connectivity index (χ0v) is 10.1. The Morgan fingerprint density at radius 1 is 1.24 bits per heavy atom. The van der Waals surface area contributed by atoms with Crippen LogP contribution in [-0.2, 0) is 6.54 Å². The summed E-state index contributed by atoms with van der Waals surface area (Å²) in [7, 11) is 0. The van der Waals surface area contributed by atoms with Gasteiger partial charge in [-0.05, 0) is 12.8 Å². The van der Waals surface area contributed by atoms with E-state index < -0.39 is 0 Å². The number of rotatable bonds is 6. The summed E-state index contributed by atoms with van der Waals surface area (Å²) in [5, 5.41) is 3.59. The molecular weight excluding hydrogens is 238 g/mol. The van der Waals surface area contributed by atoms with Crippen LogP contribution >= 0.6 is 11.6 Å². The van der Waals surface area contributed by atoms with Gasteiger partial charge in [-0.3, -0.25) is 4.98 Å². The molecule has 0 amide bonds. The number of hydrogen-bond donors (Lipinski definition) is 1. The van der Waals surface area contributed by atoms with Crippen LogP contribution in [-0.4, -0.2) is 26.1 Å². The fourth-order valence-corrected chi connectivity index (χ4v) is 1.63. The molecule has 1 N–H and O–H groups in total. The SMILES string of the molecule is Clc1cncc(NCCCCn2ccnc2)n1. The van der Waals surface area contributed by atoms with Crippen molar-refractivity contribution in [3.8, 4) is 0 Å². The Bertz CT molecular complexity index is 443. The molecular formula is C11H14ClN5. The van der Waals surface area contributed by atoms with Crippen molar-refractivity contribution < 1.29 is 0 Å². The molecule has 2 aromatic heterocycles. The van der Waals surface area contributed by atoms with Crippen LogP contribution in [0.5, 0.6) is 0 Å². The molecule has 0 bridgehead atoms. The first kappa shape index (κ1) is 11.9. The lowest BCUT2D eigenvalue weighted by atomic mass is 10.3. The van der Waals surface area contributed by atoms with Crippen LogP contribution in [0.1, 0.15) is 12.8 Å². The molecule has 6 heteroatoms. The molecule has 0 radical (unpaired) electrons. The Hall–Kier alpha value is -1.62. The molecule has 90 valence electrons. The van der Waals surface area contributed by atoms with Gasteiger partial charge >= 0.3 is 0 Å². The Morgan fingerprint density at radius 2 is 2.18 bits per heavy atom. The molecule has 2 heterocycles. The average molecular weight is 252 g/mol. The van der Waals surface area contributed by atoms with Crippen LogP contribution in [0.25, 0.3) is 0 Å². The average Bonchev–Trinajstić information content (AvgIpc) is 2.82. The minimum Gasteiger partial charge on any atom is -0.369 e. The van der Waals surface area contributed by atoms with E-state index >= 15 is 0 Å². The normalized spacial score (nSPS) is 10.4. The van der Waals surface area contributed by atoms with Crippen molar-refractivity contribution in [1.82, 2.24) is 19.5 Å². The lowest BCUT2D eigenvalue weighted by Gasteiger charge is -2.05. The number of anilines is 1. The number of unbranched alkanes of at least 4 members (excludes halogenated alkanes) is 1. The molecule has 2 aromatic rings. The van der Waals surface area contributed by atoms with E-state index in [2.05, 4.69) is 24.8 Å². The van der Waals surface area contributed by atoms with Crippen LogP contribution in [0.4, 0.5) is 5.82 Å². The van der Waals surface area contributed by atoms with Gasteiger partial charge in [0.2, 0.25) is 0 Å². The van der Waals surface area contributed by atoms with E-state index in [9.17, 15) is 0 Å². The van der Waals surface area contributed by atoms with Gasteiger partial charge in [-0.1, -0.05) is 11.6 Å². The second-order valence-corrected chi connectivity index (χ2v) is 4.05. The lowest BCUT2D eigenvalue weighted by molar-refractivity contribution is 0.620. The van der Waals surface area contributed by atoms with Crippen molar-refractivity contribution in [2.24, 2.45) is 0 Å². The zero-order chi connectivity index (χ0) is 11.9. The van der Waals surface area contributed by atoms with Crippen LogP contribution in [0.3, 0.4) is 0 Å². The molecule has 5 nitrogen and oxygen atoms in total. The molecule has 0 unspecified atom stereocenters. The maximum absolute atomic E-state index is 5.73. The van der Waals surface area contributed by atoms with Gasteiger partial charge in [0.25, 0.3) is 0 Å². The van der Waals surface area contributed by atoms with E-state index in [-0.39, 0.29) is 0 Å². The van der Waals surface area contributed by atoms with Gasteiger partial charge in [-0.15, -0.1) is 0 Å². The molecule has 0 aliphatic rings. The van der Waals surface area contributed by atoms with E-state index in [0.29, 0.717) is 5.15 Å². The van der Waals surface area contributed by atoms with Crippen molar-refractivity contribution in [3.63, 3.8) is 0 Å². The second-order valence-electron chi connectivity index (χ2n) is 3.66. The quantitative estimate of drug-likeness (QED) is 0.800. The minimum absolute atomic E-state index is 0.411. The maximum Gasteiger partial charge on any atom is 0.149 e. The van der Waals surface area contributed by atoms with Gasteiger partial charge in [0.1, 0.15) is 11.0 Å². The topological polar surface area (TPSA) is 55.6 Å². The van der Waals surface area contributed by atoms with Gasteiger partial charge in [0.15, 0.2) is 0 Å². The summed E-state index contributed by atoms with van der Waals surface area (Å²) in [6.45, 7) is 1.85. The molecule has 0 aromatic carbocycles. The highest BCUT2D eigenvalue weighted by molar-refractivity contribution is 6.29. The van der Waals surface area contributed by atoms with Gasteiger partial charge in [0, 0.05) is 25.5 Å². The van der Waals surface area contributed by atoms with E-state index in [1.807, 2.05) is 12.5 Å². The van der Waals surface area contributed by atoms with Gasteiger partial charge in [-0.25, -0.2) is 9.97 Å². The van der Waals surface area contributed by atoms with Gasteiger partial charge < -0.3 is 9.88 Å². The highest BCUT2D eigenvalue weighted by Gasteiger charge is 1.96. The van der Waals surface area contributed by atoms with E-state index in [4.69, 9.17) is 11.6 Å². The van der Waals surface area contributed by atoms with Crippen LogP contribution < -0.4 is 5.32 Å². The first-order valence-corrected chi connectivity index (χ1v) is 5.89. The van der Waals surface area contributed by atoms with Crippen LogP contribution in [0.15, 0.2) is 31.1 Å². The number of imidazole rings is 1. The third-order valence-corrected chi connectivity index (χ3v) is 2.50. The Balaban J connectivity index is 1.63. The molecule has 17 heavy (non-hydrogen) atoms. The summed E-state index contributed by atoms with van der Waals surface area (Å²) in [4.78, 5) is 12.0. The molecule has 0 fully saturated rings. The first-order chi connectivity index (χ1) is 8.34. The van der Waals surface area contributed by atoms with E-state index in [1.54, 1.807) is 12.4 Å². The zero-order valence-electron chi connectivity index (χ0n) is 9.38. The van der Waals surface area contributed by atoms with E-state index in [1.165, 1.54) is 6.20 Å². The Labute approximate surface area is 105 Å². The van der Waals surface area contributed by atoms with Crippen molar-refractivity contribution in [3.05, 3.63) is 36.3 Å². The molecule has 0 aliphatic carbocycles. The number of aromatic nitrogens is 4. The van der Waals surface area contributed by atoms with Gasteiger partial charge in [-0.2, -0.15) is 0 Å². The standard InChI is InChI=1S/C11H14ClN5/c12-10-7-14-8-11(16-10)15-3-1-2-5-17-6-4-13-9-17/h4,6-9H,1-3,5H2,(H,15,16). The molecule has 0 spiro atoms. The Morgan fingerprint density at radius 3 is 2.94 bits per heavy atom. The molecule has 2 rings (SSSR count). The van der Waals surface area contributed by atoms with Gasteiger partial charge in [0.05, 0.1) is 18.7 Å². The van der Waals surface area contributed by atoms with Crippen LogP contribution in [0, 0.1) is 0 Å². The van der Waals surface area contributed by atoms with E-state index in [0.717, 1.165) is 31.7 Å². The number of nitrogens with one attached hydrogen (secondary N) is 1. The number of nitrogens with zero attached hydrogens (tertiary/aromatic N) is 4. The fourth-order valence-electron chi connectivity index (χ4n) is 1.48. The second kappa shape index (κ2) is 6.20. The highest BCUT2D eigenvalue weighted by atomic mass is 35.5. The monoisotopic (exact) mass is 251 g/mol. The van der Waals surface area contributed by atoms with Crippen LogP contribution in [0.2, 0.25) is 5.15 Å². The third kappa shape index (κ3) is 4.03.